The van der Waals surface area contributed by atoms with E-state index in [0.717, 1.165) is 29.2 Å². The zero-order valence-electron chi connectivity index (χ0n) is 18.1. The van der Waals surface area contributed by atoms with Gasteiger partial charge in [0.1, 0.15) is 0 Å². The molecule has 0 spiro atoms. The van der Waals surface area contributed by atoms with E-state index in [1.54, 1.807) is 0 Å². The molecule has 5 aliphatic rings. The van der Waals surface area contributed by atoms with Gasteiger partial charge in [-0.3, -0.25) is 4.79 Å². The van der Waals surface area contributed by atoms with Gasteiger partial charge in [-0.15, -0.1) is 0 Å². The van der Waals surface area contributed by atoms with Crippen LogP contribution in [0.3, 0.4) is 0 Å². The number of hydrogen-bond donors (Lipinski definition) is 2. The van der Waals surface area contributed by atoms with Crippen LogP contribution in [0.4, 0.5) is 5.69 Å². The first kappa shape index (κ1) is 18.3. The van der Waals surface area contributed by atoms with Gasteiger partial charge < -0.3 is 10.6 Å². The van der Waals surface area contributed by atoms with Crippen LogP contribution in [0.15, 0.2) is 48.5 Å². The summed E-state index contributed by atoms with van der Waals surface area (Å²) in [4.78, 5) is 13.2. The Morgan fingerprint density at radius 2 is 1.71 bits per heavy atom. The third kappa shape index (κ3) is 2.81. The smallest absolute Gasteiger partial charge is 0.251 e. The topological polar surface area (TPSA) is 41.1 Å². The van der Waals surface area contributed by atoms with E-state index >= 15 is 0 Å². The Labute approximate surface area is 185 Å². The highest BCUT2D eigenvalue weighted by Crippen LogP contribution is 2.63. The SMILES string of the molecule is O=C(N[C@@H]1C[C@H]2CC[C@H]1C2)c1ccc2c(c1)[C@@H]1[C@H]3CC[C@@H](C3)[C@@H]1[C@H](c1ccccc1)N2. The number of carbonyl (C=O) groups excluding carboxylic acids is 1. The summed E-state index contributed by atoms with van der Waals surface area (Å²) in [5.41, 5.74) is 4.93. The quantitative estimate of drug-likeness (QED) is 0.659. The molecule has 2 aromatic carbocycles. The lowest BCUT2D eigenvalue weighted by atomic mass is 9.68. The molecule has 8 atom stereocenters. The number of anilines is 1. The van der Waals surface area contributed by atoms with Crippen LogP contribution < -0.4 is 10.6 Å². The summed E-state index contributed by atoms with van der Waals surface area (Å²) in [7, 11) is 0. The normalized spacial score (nSPS) is 39.1. The van der Waals surface area contributed by atoms with Crippen molar-refractivity contribution < 1.29 is 4.79 Å². The fraction of sp³-hybridized carbons (Fsp3) is 0.536. The number of hydrogen-bond acceptors (Lipinski definition) is 2. The highest BCUT2D eigenvalue weighted by atomic mass is 16.1. The van der Waals surface area contributed by atoms with Gasteiger partial charge in [-0.05, 0) is 103 Å². The van der Waals surface area contributed by atoms with Gasteiger partial charge in [-0.2, -0.15) is 0 Å². The van der Waals surface area contributed by atoms with E-state index in [1.807, 2.05) is 6.07 Å². The van der Waals surface area contributed by atoms with Crippen molar-refractivity contribution in [2.75, 3.05) is 5.32 Å². The number of carbonyl (C=O) groups is 1. The average molecular weight is 413 g/mol. The van der Waals surface area contributed by atoms with Gasteiger partial charge in [-0.25, -0.2) is 0 Å². The molecule has 31 heavy (non-hydrogen) atoms. The third-order valence-electron chi connectivity index (χ3n) is 9.56. The first-order valence-electron chi connectivity index (χ1n) is 12.5. The molecule has 1 aliphatic heterocycles. The van der Waals surface area contributed by atoms with Crippen molar-refractivity contribution >= 4 is 11.6 Å². The summed E-state index contributed by atoms with van der Waals surface area (Å²) in [6.07, 6.45) is 9.28. The minimum Gasteiger partial charge on any atom is -0.378 e. The van der Waals surface area contributed by atoms with Crippen LogP contribution in [-0.2, 0) is 0 Å². The van der Waals surface area contributed by atoms with E-state index in [0.29, 0.717) is 23.9 Å². The van der Waals surface area contributed by atoms with Crippen molar-refractivity contribution in [1.29, 1.82) is 0 Å². The van der Waals surface area contributed by atoms with E-state index in [1.165, 1.54) is 61.8 Å². The van der Waals surface area contributed by atoms with Gasteiger partial charge in [0.2, 0.25) is 0 Å². The van der Waals surface area contributed by atoms with Crippen molar-refractivity contribution in [1.82, 2.24) is 5.32 Å². The fourth-order valence-electron chi connectivity index (χ4n) is 8.29. The second-order valence-electron chi connectivity index (χ2n) is 11.0. The van der Waals surface area contributed by atoms with E-state index in [2.05, 4.69) is 53.1 Å². The van der Waals surface area contributed by atoms with Gasteiger partial charge in [0.15, 0.2) is 0 Å². The molecule has 3 heteroatoms. The molecule has 2 N–H and O–H groups in total. The Balaban J connectivity index is 1.21. The third-order valence-corrected chi connectivity index (χ3v) is 9.56. The summed E-state index contributed by atoms with van der Waals surface area (Å²) in [5, 5.41) is 7.30. The molecular weight excluding hydrogens is 380 g/mol. The molecule has 160 valence electrons. The zero-order valence-corrected chi connectivity index (χ0v) is 18.1. The van der Waals surface area contributed by atoms with E-state index in [4.69, 9.17) is 0 Å². The van der Waals surface area contributed by atoms with Crippen LogP contribution in [0.1, 0.15) is 78.4 Å². The molecular formula is C28H32N2O. The maximum absolute atomic E-state index is 13.2. The highest BCUT2D eigenvalue weighted by Gasteiger charge is 2.53. The zero-order chi connectivity index (χ0) is 20.5. The molecule has 0 aromatic heterocycles. The van der Waals surface area contributed by atoms with Crippen LogP contribution in [0.5, 0.6) is 0 Å². The van der Waals surface area contributed by atoms with Gasteiger partial charge in [0, 0.05) is 17.3 Å². The van der Waals surface area contributed by atoms with Gasteiger partial charge >= 0.3 is 0 Å². The number of benzene rings is 2. The molecule has 0 unspecified atom stereocenters. The fourth-order valence-corrected chi connectivity index (χ4v) is 8.29. The Hall–Kier alpha value is -2.29. The number of nitrogens with one attached hydrogen (secondary N) is 2. The Morgan fingerprint density at radius 3 is 2.52 bits per heavy atom. The van der Waals surface area contributed by atoms with Crippen LogP contribution in [-0.4, -0.2) is 11.9 Å². The number of fused-ring (bicyclic) bond motifs is 9. The molecule has 2 aromatic rings. The van der Waals surface area contributed by atoms with Gasteiger partial charge in [0.05, 0.1) is 6.04 Å². The van der Waals surface area contributed by atoms with Crippen LogP contribution >= 0.6 is 0 Å². The maximum Gasteiger partial charge on any atom is 0.251 e. The maximum atomic E-state index is 13.2. The molecule has 4 saturated carbocycles. The molecule has 1 heterocycles. The number of rotatable bonds is 3. The molecule has 0 radical (unpaired) electrons. The Morgan fingerprint density at radius 1 is 0.871 bits per heavy atom. The minimum atomic E-state index is 0.144. The molecule has 4 fully saturated rings. The van der Waals surface area contributed by atoms with Crippen LogP contribution in [0.2, 0.25) is 0 Å². The van der Waals surface area contributed by atoms with Crippen molar-refractivity contribution in [3.05, 3.63) is 65.2 Å². The molecule has 4 aliphatic carbocycles. The van der Waals surface area contributed by atoms with E-state index in [-0.39, 0.29) is 5.91 Å². The van der Waals surface area contributed by atoms with Crippen LogP contribution in [0.25, 0.3) is 0 Å². The molecule has 0 saturated heterocycles. The van der Waals surface area contributed by atoms with E-state index in [9.17, 15) is 4.79 Å². The van der Waals surface area contributed by atoms with E-state index < -0.39 is 0 Å². The Bertz CT molecular complexity index is 1020. The lowest BCUT2D eigenvalue weighted by Crippen LogP contribution is -2.39. The lowest BCUT2D eigenvalue weighted by Gasteiger charge is -2.43. The predicted octanol–water partition coefficient (Wildman–Crippen LogP) is 5.90. The number of amides is 1. The lowest BCUT2D eigenvalue weighted by molar-refractivity contribution is 0.0922. The molecule has 3 nitrogen and oxygen atoms in total. The standard InChI is InChI=1S/C28H32N2O/c31-28(30-24-13-16-6-7-18(24)12-16)21-10-11-23-22(15-21)25-19-8-9-20(14-19)26(25)27(29-23)17-4-2-1-3-5-17/h1-5,10-11,15-16,18-20,24-27,29H,6-9,12-14H2,(H,30,31)/t16-,18-,19-,20-,24+,25-,26-,27-/m0/s1. The summed E-state index contributed by atoms with van der Waals surface area (Å²) in [5.74, 6) is 4.55. The van der Waals surface area contributed by atoms with Crippen molar-refractivity contribution in [2.45, 2.75) is 62.9 Å². The predicted molar refractivity (Wildman–Crippen MR) is 123 cm³/mol. The summed E-state index contributed by atoms with van der Waals surface area (Å²) >= 11 is 0. The summed E-state index contributed by atoms with van der Waals surface area (Å²) in [6.45, 7) is 0. The van der Waals surface area contributed by atoms with Crippen molar-refractivity contribution in [3.63, 3.8) is 0 Å². The first-order chi connectivity index (χ1) is 15.2. The molecule has 7 rings (SSSR count). The van der Waals surface area contributed by atoms with Crippen molar-refractivity contribution in [3.8, 4) is 0 Å². The minimum absolute atomic E-state index is 0.144. The Kier molecular flexibility index (Phi) is 4.04. The molecule has 4 bridgehead atoms. The van der Waals surface area contributed by atoms with Crippen LogP contribution in [0, 0.1) is 29.6 Å². The second kappa shape index (κ2) is 6.85. The summed E-state index contributed by atoms with van der Waals surface area (Å²) < 4.78 is 0. The monoisotopic (exact) mass is 412 g/mol. The van der Waals surface area contributed by atoms with Gasteiger partial charge in [-0.1, -0.05) is 36.8 Å². The average Bonchev–Trinajstić information content (AvgIpc) is 3.60. The van der Waals surface area contributed by atoms with Gasteiger partial charge in [0.25, 0.3) is 5.91 Å². The van der Waals surface area contributed by atoms with Crippen molar-refractivity contribution in [2.24, 2.45) is 29.6 Å². The summed E-state index contributed by atoms with van der Waals surface area (Å²) in [6, 6.07) is 18.3. The molecule has 1 amide bonds. The largest absolute Gasteiger partial charge is 0.378 e. The highest BCUT2D eigenvalue weighted by molar-refractivity contribution is 5.95. The second-order valence-corrected chi connectivity index (χ2v) is 11.0. The first-order valence-corrected chi connectivity index (χ1v) is 12.5.